The molecular formula is C31H39N3O7. The molecule has 0 aliphatic carbocycles. The first-order chi connectivity index (χ1) is 19.5. The number of alkyl carbamates (subject to hydrolysis) is 1. The number of carbonyl (C=O) groups is 4. The molecule has 0 bridgehead atoms. The summed E-state index contributed by atoms with van der Waals surface area (Å²) in [7, 11) is 0. The number of carbonyl (C=O) groups excluding carboxylic acids is 4. The average Bonchev–Trinajstić information content (AvgIpc) is 2.92. The molecule has 0 radical (unpaired) electrons. The van der Waals surface area contributed by atoms with Crippen LogP contribution in [0.1, 0.15) is 56.8 Å². The maximum Gasteiger partial charge on any atom is 0.408 e. The molecule has 220 valence electrons. The van der Waals surface area contributed by atoms with E-state index in [0.717, 1.165) is 5.56 Å². The number of amides is 3. The second-order valence-electron chi connectivity index (χ2n) is 10.1. The lowest BCUT2D eigenvalue weighted by Gasteiger charge is -2.34. The van der Waals surface area contributed by atoms with Crippen LogP contribution in [0.3, 0.4) is 0 Å². The molecule has 2 atom stereocenters. The molecule has 0 aliphatic rings. The zero-order chi connectivity index (χ0) is 30.4. The molecule has 0 spiro atoms. The van der Waals surface area contributed by atoms with Gasteiger partial charge in [-0.3, -0.25) is 14.4 Å². The van der Waals surface area contributed by atoms with Crippen LogP contribution in [0.4, 0.5) is 4.79 Å². The standard InChI is InChI=1S/C31H39N3O7/c1-6-23-15-11-12-16-24(23)27(28(37)32-18-17-26(36)40-7-2)34(19-20-35)29(38)25(21-22-13-9-8-10-14-22)33-30(39)41-31(3,4)5/h1,8-16,25,27,35H,7,17-21H2,2-5H3,(H,32,37)(H,33,39). The van der Waals surface area contributed by atoms with E-state index in [2.05, 4.69) is 16.6 Å². The van der Waals surface area contributed by atoms with Crippen LogP contribution >= 0.6 is 0 Å². The molecule has 3 amide bonds. The molecule has 0 saturated heterocycles. The Bertz CT molecular complexity index is 1220. The normalized spacial score (nSPS) is 12.3. The van der Waals surface area contributed by atoms with Gasteiger partial charge in [-0.25, -0.2) is 4.79 Å². The van der Waals surface area contributed by atoms with E-state index in [0.29, 0.717) is 11.1 Å². The van der Waals surface area contributed by atoms with Crippen molar-refractivity contribution in [3.05, 3.63) is 71.3 Å². The summed E-state index contributed by atoms with van der Waals surface area (Å²) in [6.07, 6.45) is 4.94. The summed E-state index contributed by atoms with van der Waals surface area (Å²) < 4.78 is 10.3. The van der Waals surface area contributed by atoms with Crippen molar-refractivity contribution in [1.29, 1.82) is 0 Å². The number of aliphatic hydroxyl groups is 1. The van der Waals surface area contributed by atoms with Gasteiger partial charge in [-0.1, -0.05) is 54.5 Å². The number of rotatable bonds is 13. The lowest BCUT2D eigenvalue weighted by Crippen LogP contribution is -2.54. The van der Waals surface area contributed by atoms with Crippen molar-refractivity contribution in [3.63, 3.8) is 0 Å². The van der Waals surface area contributed by atoms with E-state index in [1.165, 1.54) is 4.90 Å². The molecule has 0 aliphatic heterocycles. The Hall–Kier alpha value is -4.36. The number of nitrogens with one attached hydrogen (secondary N) is 2. The first kappa shape index (κ1) is 32.8. The van der Waals surface area contributed by atoms with Gasteiger partial charge in [0.25, 0.3) is 0 Å². The second-order valence-corrected chi connectivity index (χ2v) is 10.1. The molecular weight excluding hydrogens is 526 g/mol. The van der Waals surface area contributed by atoms with Gasteiger partial charge in [0.1, 0.15) is 17.7 Å². The fourth-order valence-corrected chi connectivity index (χ4v) is 4.11. The highest BCUT2D eigenvalue weighted by atomic mass is 16.6. The molecule has 2 aromatic rings. The number of terminal acetylenes is 1. The highest BCUT2D eigenvalue weighted by Crippen LogP contribution is 2.26. The van der Waals surface area contributed by atoms with E-state index in [-0.39, 0.29) is 32.5 Å². The van der Waals surface area contributed by atoms with Gasteiger partial charge in [-0.05, 0) is 44.9 Å². The third kappa shape index (κ3) is 10.6. The quantitative estimate of drug-likeness (QED) is 0.251. The number of esters is 1. The molecule has 0 saturated carbocycles. The molecule has 2 unspecified atom stereocenters. The smallest absolute Gasteiger partial charge is 0.408 e. The van der Waals surface area contributed by atoms with Crippen molar-refractivity contribution in [2.75, 3.05) is 26.3 Å². The lowest BCUT2D eigenvalue weighted by atomic mass is 9.96. The molecule has 2 rings (SSSR count). The van der Waals surface area contributed by atoms with Crippen LogP contribution in [0.15, 0.2) is 54.6 Å². The SMILES string of the molecule is C#Cc1ccccc1C(C(=O)NCCC(=O)OCC)N(CCO)C(=O)C(Cc1ccccc1)NC(=O)OC(C)(C)C. The summed E-state index contributed by atoms with van der Waals surface area (Å²) in [5.41, 5.74) is 0.655. The van der Waals surface area contributed by atoms with E-state index in [1.54, 1.807) is 76.2 Å². The predicted octanol–water partition coefficient (Wildman–Crippen LogP) is 2.74. The van der Waals surface area contributed by atoms with Gasteiger partial charge < -0.3 is 30.1 Å². The van der Waals surface area contributed by atoms with Crippen LogP contribution < -0.4 is 10.6 Å². The number of ether oxygens (including phenoxy) is 2. The Morgan fingerprint density at radius 1 is 1.05 bits per heavy atom. The Morgan fingerprint density at radius 3 is 2.32 bits per heavy atom. The van der Waals surface area contributed by atoms with Crippen molar-refractivity contribution >= 4 is 23.9 Å². The summed E-state index contributed by atoms with van der Waals surface area (Å²) in [5, 5.41) is 15.3. The molecule has 0 aromatic heterocycles. The summed E-state index contributed by atoms with van der Waals surface area (Å²) >= 11 is 0. The Kier molecular flexibility index (Phi) is 12.8. The Balaban J connectivity index is 2.50. The van der Waals surface area contributed by atoms with E-state index in [4.69, 9.17) is 15.9 Å². The van der Waals surface area contributed by atoms with E-state index >= 15 is 0 Å². The van der Waals surface area contributed by atoms with E-state index in [9.17, 15) is 24.3 Å². The third-order valence-electron chi connectivity index (χ3n) is 5.80. The first-order valence-electron chi connectivity index (χ1n) is 13.4. The van der Waals surface area contributed by atoms with Gasteiger partial charge in [-0.2, -0.15) is 0 Å². The molecule has 0 heterocycles. The highest BCUT2D eigenvalue weighted by molar-refractivity contribution is 5.93. The highest BCUT2D eigenvalue weighted by Gasteiger charge is 2.37. The minimum Gasteiger partial charge on any atom is -0.466 e. The zero-order valence-electron chi connectivity index (χ0n) is 24.0. The van der Waals surface area contributed by atoms with Crippen molar-refractivity contribution in [2.24, 2.45) is 0 Å². The van der Waals surface area contributed by atoms with Crippen LogP contribution in [-0.2, 0) is 30.3 Å². The van der Waals surface area contributed by atoms with Crippen molar-refractivity contribution in [1.82, 2.24) is 15.5 Å². The molecule has 2 aromatic carbocycles. The van der Waals surface area contributed by atoms with Gasteiger partial charge in [0.05, 0.1) is 19.6 Å². The van der Waals surface area contributed by atoms with Gasteiger partial charge in [0, 0.05) is 25.1 Å². The Labute approximate surface area is 241 Å². The van der Waals surface area contributed by atoms with Crippen molar-refractivity contribution in [2.45, 2.75) is 58.2 Å². The fraction of sp³-hybridized carbons (Fsp3) is 0.419. The number of hydrogen-bond donors (Lipinski definition) is 3. The third-order valence-corrected chi connectivity index (χ3v) is 5.80. The summed E-state index contributed by atoms with van der Waals surface area (Å²) in [5.74, 6) is 0.806. The van der Waals surface area contributed by atoms with Crippen LogP contribution in [0.2, 0.25) is 0 Å². The first-order valence-corrected chi connectivity index (χ1v) is 13.4. The second kappa shape index (κ2) is 16.0. The monoisotopic (exact) mass is 565 g/mol. The number of hydrogen-bond acceptors (Lipinski definition) is 7. The van der Waals surface area contributed by atoms with E-state index < -0.39 is 48.2 Å². The summed E-state index contributed by atoms with van der Waals surface area (Å²) in [6, 6.07) is 13.3. The van der Waals surface area contributed by atoms with Crippen LogP contribution in [0.5, 0.6) is 0 Å². The summed E-state index contributed by atoms with van der Waals surface area (Å²) in [4.78, 5) is 53.6. The lowest BCUT2D eigenvalue weighted by molar-refractivity contribution is -0.144. The largest absolute Gasteiger partial charge is 0.466 e. The number of benzene rings is 2. The van der Waals surface area contributed by atoms with Crippen molar-refractivity contribution in [3.8, 4) is 12.3 Å². The van der Waals surface area contributed by atoms with Gasteiger partial charge in [0.2, 0.25) is 11.8 Å². The average molecular weight is 566 g/mol. The van der Waals surface area contributed by atoms with Gasteiger partial charge in [0.15, 0.2) is 0 Å². The molecule has 10 nitrogen and oxygen atoms in total. The minimum absolute atomic E-state index is 0.0445. The maximum atomic E-state index is 14.2. The number of aliphatic hydroxyl groups excluding tert-OH is 1. The Morgan fingerprint density at radius 2 is 1.71 bits per heavy atom. The van der Waals surface area contributed by atoms with Gasteiger partial charge >= 0.3 is 12.1 Å². The molecule has 3 N–H and O–H groups in total. The maximum absolute atomic E-state index is 14.2. The predicted molar refractivity (Wildman–Crippen MR) is 153 cm³/mol. The van der Waals surface area contributed by atoms with E-state index in [1.807, 2.05) is 6.07 Å². The fourth-order valence-electron chi connectivity index (χ4n) is 4.11. The molecule has 0 fully saturated rings. The van der Waals surface area contributed by atoms with Crippen LogP contribution in [0.25, 0.3) is 0 Å². The van der Waals surface area contributed by atoms with Crippen LogP contribution in [0, 0.1) is 12.3 Å². The zero-order valence-corrected chi connectivity index (χ0v) is 24.0. The summed E-state index contributed by atoms with van der Waals surface area (Å²) in [6.45, 7) is 6.23. The van der Waals surface area contributed by atoms with Crippen LogP contribution in [-0.4, -0.2) is 71.8 Å². The number of nitrogens with zero attached hydrogens (tertiary/aromatic N) is 1. The molecule has 41 heavy (non-hydrogen) atoms. The van der Waals surface area contributed by atoms with Gasteiger partial charge in [-0.15, -0.1) is 6.42 Å². The molecule has 10 heteroatoms. The topological polar surface area (TPSA) is 134 Å². The minimum atomic E-state index is -1.28. The van der Waals surface area contributed by atoms with Crippen molar-refractivity contribution < 1.29 is 33.8 Å².